The summed E-state index contributed by atoms with van der Waals surface area (Å²) >= 11 is 0. The van der Waals surface area contributed by atoms with E-state index in [4.69, 9.17) is 9.47 Å². The Morgan fingerprint density at radius 2 is 1.82 bits per heavy atom. The molecule has 0 bridgehead atoms. The zero-order valence-corrected chi connectivity index (χ0v) is 17.7. The van der Waals surface area contributed by atoms with Crippen LogP contribution in [0.2, 0.25) is 0 Å². The van der Waals surface area contributed by atoms with Gasteiger partial charge in [-0.15, -0.1) is 0 Å². The Morgan fingerprint density at radius 1 is 1.18 bits per heavy atom. The number of esters is 1. The first-order chi connectivity index (χ1) is 13.1. The molecule has 1 heterocycles. The van der Waals surface area contributed by atoms with Crippen molar-refractivity contribution in [3.63, 3.8) is 0 Å². The summed E-state index contributed by atoms with van der Waals surface area (Å²) in [4.78, 5) is 26.5. The van der Waals surface area contributed by atoms with Gasteiger partial charge in [0.15, 0.2) is 15.9 Å². The normalized spacial score (nSPS) is 19.2. The van der Waals surface area contributed by atoms with Gasteiger partial charge in [-0.05, 0) is 50.5 Å². The number of rotatable bonds is 8. The number of carbonyl (C=O) groups excluding carboxylic acids is 2. The van der Waals surface area contributed by atoms with E-state index in [1.807, 2.05) is 13.8 Å². The van der Waals surface area contributed by atoms with Crippen molar-refractivity contribution >= 4 is 21.7 Å². The molecule has 1 saturated heterocycles. The Morgan fingerprint density at radius 3 is 2.32 bits per heavy atom. The summed E-state index contributed by atoms with van der Waals surface area (Å²) in [5.41, 5.74) is 0.322. The monoisotopic (exact) mass is 411 g/mol. The Labute approximate surface area is 166 Å². The molecule has 1 aromatic rings. The highest BCUT2D eigenvalue weighted by Gasteiger charge is 2.36. The van der Waals surface area contributed by atoms with Crippen LogP contribution in [0.3, 0.4) is 0 Å². The molecule has 0 N–H and O–H groups in total. The minimum atomic E-state index is -3.10. The average molecular weight is 412 g/mol. The van der Waals surface area contributed by atoms with Crippen LogP contribution in [0.15, 0.2) is 24.3 Å². The van der Waals surface area contributed by atoms with Crippen molar-refractivity contribution in [2.75, 3.05) is 24.7 Å². The molecule has 2 atom stereocenters. The summed E-state index contributed by atoms with van der Waals surface area (Å²) in [7, 11) is -3.10. The predicted octanol–water partition coefficient (Wildman–Crippen LogP) is 2.30. The minimum Gasteiger partial charge on any atom is -0.493 e. The van der Waals surface area contributed by atoms with Crippen molar-refractivity contribution in [3.8, 4) is 5.75 Å². The lowest BCUT2D eigenvalue weighted by Crippen LogP contribution is -2.46. The predicted molar refractivity (Wildman–Crippen MR) is 106 cm³/mol. The number of carbonyl (C=O) groups is 2. The maximum Gasteiger partial charge on any atom is 0.338 e. The van der Waals surface area contributed by atoms with Crippen LogP contribution < -0.4 is 4.74 Å². The summed E-state index contributed by atoms with van der Waals surface area (Å²) < 4.78 is 34.3. The largest absolute Gasteiger partial charge is 0.493 e. The van der Waals surface area contributed by atoms with Crippen molar-refractivity contribution in [2.45, 2.75) is 46.3 Å². The molecule has 0 aromatic heterocycles. The maximum atomic E-state index is 12.7. The Hall–Kier alpha value is -2.09. The van der Waals surface area contributed by atoms with E-state index in [0.717, 1.165) is 0 Å². The number of nitrogens with zero attached hydrogens (tertiary/aromatic N) is 1. The summed E-state index contributed by atoms with van der Waals surface area (Å²) in [6.07, 6.45) is -0.576. The maximum absolute atomic E-state index is 12.7. The lowest BCUT2D eigenvalue weighted by molar-refractivity contribution is -0.141. The van der Waals surface area contributed by atoms with Gasteiger partial charge in [0.1, 0.15) is 5.75 Å². The number of sulfone groups is 1. The van der Waals surface area contributed by atoms with Crippen LogP contribution in [0.5, 0.6) is 5.75 Å². The van der Waals surface area contributed by atoms with E-state index >= 15 is 0 Å². The molecule has 1 aliphatic rings. The minimum absolute atomic E-state index is 0.0366. The second kappa shape index (κ2) is 9.41. The van der Waals surface area contributed by atoms with Crippen molar-refractivity contribution in [2.24, 2.45) is 5.92 Å². The summed E-state index contributed by atoms with van der Waals surface area (Å²) in [5.74, 6) is 0.120. The number of hydrogen-bond donors (Lipinski definition) is 0. The van der Waals surface area contributed by atoms with E-state index in [1.165, 1.54) is 11.8 Å². The number of likely N-dealkylation sites (N-methyl/N-ethyl adjacent to an activating group) is 1. The standard InChI is InChI=1S/C20H29NO6S/c1-5-21(17-10-11-28(24,25)13-17)19(22)15(4)27-20(23)16-6-8-18(9-7-16)26-12-14(2)3/h6-9,14-15,17H,5,10-13H2,1-4H3/t15-,17-/m1/s1. The molecule has 0 unspecified atom stereocenters. The third-order valence-corrected chi connectivity index (χ3v) is 6.33. The molecule has 2 rings (SSSR count). The zero-order chi connectivity index (χ0) is 20.9. The van der Waals surface area contributed by atoms with Crippen molar-refractivity contribution in [1.29, 1.82) is 0 Å². The van der Waals surface area contributed by atoms with Crippen LogP contribution in [0.1, 0.15) is 44.5 Å². The molecule has 8 heteroatoms. The van der Waals surface area contributed by atoms with Crippen molar-refractivity contribution in [3.05, 3.63) is 29.8 Å². The van der Waals surface area contributed by atoms with Crippen LogP contribution in [0.4, 0.5) is 0 Å². The molecular weight excluding hydrogens is 382 g/mol. The van der Waals surface area contributed by atoms with Gasteiger partial charge in [-0.3, -0.25) is 4.79 Å². The van der Waals surface area contributed by atoms with E-state index in [0.29, 0.717) is 36.8 Å². The molecule has 1 aromatic carbocycles. The Balaban J connectivity index is 1.96. The third-order valence-electron chi connectivity index (χ3n) is 4.58. The lowest BCUT2D eigenvalue weighted by atomic mass is 10.2. The van der Waals surface area contributed by atoms with Gasteiger partial charge in [-0.2, -0.15) is 0 Å². The highest BCUT2D eigenvalue weighted by molar-refractivity contribution is 7.91. The van der Waals surface area contributed by atoms with E-state index in [2.05, 4.69) is 0 Å². The summed E-state index contributed by atoms with van der Waals surface area (Å²) in [5, 5.41) is 0. The van der Waals surface area contributed by atoms with Crippen LogP contribution >= 0.6 is 0 Å². The molecule has 0 radical (unpaired) electrons. The van der Waals surface area contributed by atoms with Gasteiger partial charge in [0.05, 0.1) is 23.7 Å². The summed E-state index contributed by atoms with van der Waals surface area (Å²) in [6, 6.07) is 6.20. The molecule has 0 saturated carbocycles. The third kappa shape index (κ3) is 5.95. The van der Waals surface area contributed by atoms with Crippen LogP contribution in [-0.4, -0.2) is 62.0 Å². The van der Waals surface area contributed by atoms with Crippen LogP contribution in [0, 0.1) is 5.92 Å². The number of hydrogen-bond acceptors (Lipinski definition) is 6. The van der Waals surface area contributed by atoms with Gasteiger partial charge in [-0.1, -0.05) is 13.8 Å². The van der Waals surface area contributed by atoms with Gasteiger partial charge in [0.2, 0.25) is 0 Å². The Bertz CT molecular complexity index is 787. The molecule has 7 nitrogen and oxygen atoms in total. The highest BCUT2D eigenvalue weighted by atomic mass is 32.2. The fourth-order valence-corrected chi connectivity index (χ4v) is 4.81. The molecule has 1 aliphatic heterocycles. The first kappa shape index (κ1) is 22.2. The van der Waals surface area contributed by atoms with E-state index in [1.54, 1.807) is 31.2 Å². The van der Waals surface area contributed by atoms with E-state index in [-0.39, 0.29) is 23.5 Å². The molecule has 0 aliphatic carbocycles. The fourth-order valence-electron chi connectivity index (χ4n) is 3.08. The molecule has 1 fully saturated rings. The van der Waals surface area contributed by atoms with Gasteiger partial charge >= 0.3 is 5.97 Å². The molecule has 28 heavy (non-hydrogen) atoms. The van der Waals surface area contributed by atoms with Crippen molar-refractivity contribution < 1.29 is 27.5 Å². The molecule has 1 amide bonds. The average Bonchev–Trinajstić information content (AvgIpc) is 3.00. The highest BCUT2D eigenvalue weighted by Crippen LogP contribution is 2.20. The quantitative estimate of drug-likeness (QED) is 0.610. The van der Waals surface area contributed by atoms with Crippen LogP contribution in [-0.2, 0) is 19.4 Å². The van der Waals surface area contributed by atoms with Gasteiger partial charge < -0.3 is 14.4 Å². The van der Waals surface area contributed by atoms with Crippen LogP contribution in [0.25, 0.3) is 0 Å². The topological polar surface area (TPSA) is 90.0 Å². The SMILES string of the molecule is CCN(C(=O)[C@@H](C)OC(=O)c1ccc(OCC(C)C)cc1)[C@@H]1CCS(=O)(=O)C1. The summed E-state index contributed by atoms with van der Waals surface area (Å²) in [6.45, 7) is 8.33. The molecular formula is C20H29NO6S. The smallest absolute Gasteiger partial charge is 0.338 e. The zero-order valence-electron chi connectivity index (χ0n) is 16.9. The number of ether oxygens (including phenoxy) is 2. The van der Waals surface area contributed by atoms with E-state index < -0.39 is 21.9 Å². The van der Waals surface area contributed by atoms with Gasteiger partial charge in [-0.25, -0.2) is 13.2 Å². The van der Waals surface area contributed by atoms with Gasteiger partial charge in [0.25, 0.3) is 5.91 Å². The first-order valence-corrected chi connectivity index (χ1v) is 11.4. The van der Waals surface area contributed by atoms with Gasteiger partial charge in [0, 0.05) is 12.6 Å². The Kier molecular flexibility index (Phi) is 7.46. The second-order valence-corrected chi connectivity index (χ2v) is 9.69. The molecule has 0 spiro atoms. The second-order valence-electron chi connectivity index (χ2n) is 7.46. The van der Waals surface area contributed by atoms with Crippen molar-refractivity contribution in [1.82, 2.24) is 4.90 Å². The van der Waals surface area contributed by atoms with E-state index in [9.17, 15) is 18.0 Å². The lowest BCUT2D eigenvalue weighted by Gasteiger charge is -2.29. The molecule has 156 valence electrons. The first-order valence-electron chi connectivity index (χ1n) is 9.57. The number of benzene rings is 1. The number of amides is 1. The fraction of sp³-hybridized carbons (Fsp3) is 0.600.